The van der Waals surface area contributed by atoms with Gasteiger partial charge in [0.05, 0.1) is 5.56 Å². The second-order valence-electron chi connectivity index (χ2n) is 8.10. The monoisotopic (exact) mass is 430 g/mol. The number of anilines is 1. The molecule has 0 bridgehead atoms. The van der Waals surface area contributed by atoms with E-state index >= 15 is 0 Å². The molecule has 3 aromatic carbocycles. The van der Waals surface area contributed by atoms with Crippen LogP contribution in [0.25, 0.3) is 0 Å². The second-order valence-corrected chi connectivity index (χ2v) is 8.10. The van der Waals surface area contributed by atoms with E-state index in [1.807, 2.05) is 18.2 Å². The summed E-state index contributed by atoms with van der Waals surface area (Å²) in [5.74, 6) is 0.376. The van der Waals surface area contributed by atoms with Gasteiger partial charge in [-0.2, -0.15) is 0 Å². The number of aromatic hydroxyl groups is 2. The summed E-state index contributed by atoms with van der Waals surface area (Å²) < 4.78 is 12.1. The molecule has 6 nitrogen and oxygen atoms in total. The Labute approximate surface area is 186 Å². The number of ether oxygens (including phenoxy) is 2. The highest BCUT2D eigenvalue weighted by Gasteiger charge is 2.54. The van der Waals surface area contributed by atoms with Gasteiger partial charge in [-0.15, -0.1) is 0 Å². The lowest BCUT2D eigenvalue weighted by atomic mass is 9.77. The van der Waals surface area contributed by atoms with Gasteiger partial charge in [-0.3, -0.25) is 0 Å². The number of nitrogens with one attached hydrogen (secondary N) is 1. The molecule has 2 aliphatic heterocycles. The number of benzene rings is 3. The van der Waals surface area contributed by atoms with Crippen LogP contribution in [-0.4, -0.2) is 22.7 Å². The summed E-state index contributed by atoms with van der Waals surface area (Å²) in [4.78, 5) is 13.2. The van der Waals surface area contributed by atoms with E-state index in [-0.39, 0.29) is 11.5 Å². The van der Waals surface area contributed by atoms with Crippen molar-refractivity contribution in [2.75, 3.05) is 11.9 Å². The third-order valence-corrected chi connectivity index (χ3v) is 6.04. The number of unbranched alkanes of at least 4 members (excludes halogenated alkanes) is 3. The number of carbonyl (C=O) groups is 1. The van der Waals surface area contributed by atoms with Crippen molar-refractivity contribution in [3.63, 3.8) is 0 Å². The highest BCUT2D eigenvalue weighted by Crippen LogP contribution is 2.57. The van der Waals surface area contributed by atoms with Gasteiger partial charge >= 0.3 is 5.97 Å². The van der Waals surface area contributed by atoms with E-state index < -0.39 is 11.6 Å². The SMILES string of the molecule is [CH2]CCCCCNc1cccc2c1C(=O)OC21c2ccc(O)cc2Oc2cc(O)ccc21. The molecule has 3 aromatic rings. The fourth-order valence-corrected chi connectivity index (χ4v) is 4.60. The van der Waals surface area contributed by atoms with Crippen LogP contribution in [0.3, 0.4) is 0 Å². The number of esters is 1. The first-order valence-electron chi connectivity index (χ1n) is 10.8. The van der Waals surface area contributed by atoms with Gasteiger partial charge in [-0.1, -0.05) is 38.3 Å². The number of phenolic OH excluding ortho intramolecular Hbond substituents is 2. The molecule has 3 N–H and O–H groups in total. The number of rotatable bonds is 6. The maximum Gasteiger partial charge on any atom is 0.342 e. The zero-order valence-corrected chi connectivity index (χ0v) is 17.6. The van der Waals surface area contributed by atoms with Crippen molar-refractivity contribution in [3.8, 4) is 23.0 Å². The third-order valence-electron chi connectivity index (χ3n) is 6.04. The van der Waals surface area contributed by atoms with Crippen molar-refractivity contribution in [2.24, 2.45) is 0 Å². The van der Waals surface area contributed by atoms with Gasteiger partial charge in [0.2, 0.25) is 0 Å². The number of carbonyl (C=O) groups excluding carboxylic acids is 1. The van der Waals surface area contributed by atoms with Crippen LogP contribution in [0.4, 0.5) is 5.69 Å². The van der Waals surface area contributed by atoms with Crippen molar-refractivity contribution in [3.05, 3.63) is 83.8 Å². The van der Waals surface area contributed by atoms with E-state index in [2.05, 4.69) is 12.2 Å². The zero-order valence-electron chi connectivity index (χ0n) is 17.6. The minimum absolute atomic E-state index is 0.0322. The van der Waals surface area contributed by atoms with Gasteiger partial charge in [0.1, 0.15) is 23.0 Å². The van der Waals surface area contributed by atoms with E-state index in [9.17, 15) is 15.0 Å². The van der Waals surface area contributed by atoms with Crippen LogP contribution in [0.1, 0.15) is 52.7 Å². The minimum atomic E-state index is -1.23. The topological polar surface area (TPSA) is 88.0 Å². The first kappa shape index (κ1) is 20.2. The first-order chi connectivity index (χ1) is 15.5. The molecule has 0 fully saturated rings. The third kappa shape index (κ3) is 3.06. The molecule has 0 saturated heterocycles. The fraction of sp³-hybridized carbons (Fsp3) is 0.231. The fourth-order valence-electron chi connectivity index (χ4n) is 4.60. The summed E-state index contributed by atoms with van der Waals surface area (Å²) >= 11 is 0. The highest BCUT2D eigenvalue weighted by molar-refractivity contribution is 6.02. The molecule has 6 heteroatoms. The maximum absolute atomic E-state index is 13.2. The molecule has 0 atom stereocenters. The quantitative estimate of drug-likeness (QED) is 0.355. The molecule has 2 heterocycles. The normalized spacial score (nSPS) is 14.8. The first-order valence-corrected chi connectivity index (χ1v) is 10.8. The lowest BCUT2D eigenvalue weighted by molar-refractivity contribution is 0.0224. The zero-order chi connectivity index (χ0) is 22.3. The molecule has 0 unspecified atom stereocenters. The van der Waals surface area contributed by atoms with Crippen LogP contribution < -0.4 is 10.1 Å². The van der Waals surface area contributed by atoms with Crippen molar-refractivity contribution < 1.29 is 24.5 Å². The largest absolute Gasteiger partial charge is 0.508 e. The summed E-state index contributed by atoms with van der Waals surface area (Å²) in [6, 6.07) is 15.2. The number of phenols is 2. The number of hydrogen-bond donors (Lipinski definition) is 3. The van der Waals surface area contributed by atoms with Gasteiger partial charge in [0, 0.05) is 41.1 Å². The molecule has 1 radical (unpaired) electrons. The van der Waals surface area contributed by atoms with Crippen LogP contribution >= 0.6 is 0 Å². The molecule has 163 valence electrons. The molecule has 0 saturated carbocycles. The van der Waals surface area contributed by atoms with Crippen molar-refractivity contribution in [2.45, 2.75) is 31.3 Å². The molecule has 0 aromatic heterocycles. The molecular formula is C26H24NO5. The Morgan fingerprint density at radius 1 is 0.875 bits per heavy atom. The van der Waals surface area contributed by atoms with Gasteiger partial charge in [-0.05, 0) is 36.8 Å². The van der Waals surface area contributed by atoms with Gasteiger partial charge in [-0.25, -0.2) is 4.79 Å². The maximum atomic E-state index is 13.2. The summed E-state index contributed by atoms with van der Waals surface area (Å²) in [6.45, 7) is 4.62. The van der Waals surface area contributed by atoms with Gasteiger partial charge in [0.15, 0.2) is 5.60 Å². The average Bonchev–Trinajstić information content (AvgIpc) is 3.07. The van der Waals surface area contributed by atoms with E-state index in [0.717, 1.165) is 37.9 Å². The highest BCUT2D eigenvalue weighted by atomic mass is 16.6. The molecule has 32 heavy (non-hydrogen) atoms. The van der Waals surface area contributed by atoms with E-state index in [1.165, 1.54) is 12.1 Å². The predicted molar refractivity (Wildman–Crippen MR) is 120 cm³/mol. The Hall–Kier alpha value is -3.67. The van der Waals surface area contributed by atoms with Gasteiger partial charge in [0.25, 0.3) is 0 Å². The van der Waals surface area contributed by atoms with Crippen LogP contribution in [0.2, 0.25) is 0 Å². The predicted octanol–water partition coefficient (Wildman–Crippen LogP) is 5.47. The van der Waals surface area contributed by atoms with Crippen LogP contribution in [-0.2, 0) is 10.3 Å². The summed E-state index contributed by atoms with van der Waals surface area (Å²) in [7, 11) is 0. The smallest absolute Gasteiger partial charge is 0.342 e. The van der Waals surface area contributed by atoms with Crippen LogP contribution in [0, 0.1) is 6.92 Å². The number of hydrogen-bond acceptors (Lipinski definition) is 6. The minimum Gasteiger partial charge on any atom is -0.508 e. The summed E-state index contributed by atoms with van der Waals surface area (Å²) in [5.41, 5.74) is 1.92. The van der Waals surface area contributed by atoms with Crippen molar-refractivity contribution in [1.29, 1.82) is 0 Å². The number of fused-ring (bicyclic) bond motifs is 6. The lowest BCUT2D eigenvalue weighted by Crippen LogP contribution is -2.32. The summed E-state index contributed by atoms with van der Waals surface area (Å²) in [5, 5.41) is 23.4. The van der Waals surface area contributed by atoms with Crippen LogP contribution in [0.5, 0.6) is 23.0 Å². The average molecular weight is 430 g/mol. The second kappa shape index (κ2) is 7.79. The Bertz CT molecular complexity index is 1150. The lowest BCUT2D eigenvalue weighted by Gasteiger charge is -2.36. The summed E-state index contributed by atoms with van der Waals surface area (Å²) in [6.07, 6.45) is 4.05. The molecule has 1 spiro atoms. The van der Waals surface area contributed by atoms with Crippen molar-refractivity contribution in [1.82, 2.24) is 0 Å². The molecular weight excluding hydrogens is 406 g/mol. The van der Waals surface area contributed by atoms with E-state index in [0.29, 0.717) is 33.8 Å². The van der Waals surface area contributed by atoms with Gasteiger partial charge < -0.3 is 25.0 Å². The van der Waals surface area contributed by atoms with Crippen LogP contribution in [0.15, 0.2) is 54.6 Å². The van der Waals surface area contributed by atoms with Crippen molar-refractivity contribution >= 4 is 11.7 Å². The molecule has 2 aliphatic rings. The molecule has 0 amide bonds. The Kier molecular flexibility index (Phi) is 4.93. The Morgan fingerprint density at radius 2 is 1.56 bits per heavy atom. The van der Waals surface area contributed by atoms with E-state index in [1.54, 1.807) is 24.3 Å². The Balaban J connectivity index is 1.65. The van der Waals surface area contributed by atoms with E-state index in [4.69, 9.17) is 9.47 Å². The Morgan fingerprint density at radius 3 is 2.22 bits per heavy atom. The standard InChI is InChI=1S/C26H24NO5/c1-2-3-4-5-13-27-21-8-6-7-20-24(21)25(30)32-26(20)18-11-9-16(28)14-22(18)31-23-15-17(29)10-12-19(23)26/h6-12,14-15,27-29H,1-5,13H2. The molecule has 5 rings (SSSR count). The molecule has 0 aliphatic carbocycles.